The molecule has 5 heteroatoms. The lowest BCUT2D eigenvalue weighted by molar-refractivity contribution is 0.0698. The standard InChI is InChI=1S/C14H20N2O3/c1-4-14(3,5-2)16-13(19)15-11-9-7-6-8-10(11)12(17)18/h6-9H,4-5H2,1-3H3,(H,17,18)(H2,15,16,19). The average Bonchev–Trinajstić information content (AvgIpc) is 2.38. The molecule has 1 rings (SSSR count). The van der Waals surface area contributed by atoms with Gasteiger partial charge >= 0.3 is 12.0 Å². The summed E-state index contributed by atoms with van der Waals surface area (Å²) in [6.45, 7) is 5.94. The highest BCUT2D eigenvalue weighted by molar-refractivity contribution is 6.00. The van der Waals surface area contributed by atoms with Crippen LogP contribution in [0.15, 0.2) is 24.3 Å². The summed E-state index contributed by atoms with van der Waals surface area (Å²) in [5.41, 5.74) is 0.0804. The predicted octanol–water partition coefficient (Wildman–Crippen LogP) is 3.09. The molecule has 0 aromatic heterocycles. The third kappa shape index (κ3) is 3.98. The number of aromatic carboxylic acids is 1. The highest BCUT2D eigenvalue weighted by atomic mass is 16.4. The van der Waals surface area contributed by atoms with Crippen molar-refractivity contribution in [2.45, 2.75) is 39.2 Å². The Morgan fingerprint density at radius 1 is 1.21 bits per heavy atom. The second-order valence-corrected chi connectivity index (χ2v) is 4.70. The largest absolute Gasteiger partial charge is 0.478 e. The first-order valence-electron chi connectivity index (χ1n) is 6.33. The van der Waals surface area contributed by atoms with Gasteiger partial charge < -0.3 is 15.7 Å². The second kappa shape index (κ2) is 6.22. The van der Waals surface area contributed by atoms with Gasteiger partial charge in [0.2, 0.25) is 0 Å². The van der Waals surface area contributed by atoms with E-state index in [0.717, 1.165) is 12.8 Å². The number of amides is 2. The number of benzene rings is 1. The average molecular weight is 264 g/mol. The molecule has 19 heavy (non-hydrogen) atoms. The number of hydrogen-bond donors (Lipinski definition) is 3. The minimum atomic E-state index is -1.07. The van der Waals surface area contributed by atoms with Gasteiger partial charge in [0.25, 0.3) is 0 Å². The summed E-state index contributed by atoms with van der Waals surface area (Å²) < 4.78 is 0. The molecule has 0 aliphatic carbocycles. The zero-order valence-electron chi connectivity index (χ0n) is 11.5. The first kappa shape index (κ1) is 15.0. The predicted molar refractivity (Wildman–Crippen MR) is 74.5 cm³/mol. The van der Waals surface area contributed by atoms with Crippen molar-refractivity contribution in [2.75, 3.05) is 5.32 Å². The fraction of sp³-hybridized carbons (Fsp3) is 0.429. The van der Waals surface area contributed by atoms with Crippen LogP contribution in [0.1, 0.15) is 44.0 Å². The van der Waals surface area contributed by atoms with Crippen LogP contribution >= 0.6 is 0 Å². The van der Waals surface area contributed by atoms with Crippen LogP contribution in [0, 0.1) is 0 Å². The zero-order valence-corrected chi connectivity index (χ0v) is 11.5. The number of nitrogens with one attached hydrogen (secondary N) is 2. The molecule has 0 aliphatic rings. The van der Waals surface area contributed by atoms with Gasteiger partial charge in [-0.25, -0.2) is 9.59 Å². The lowest BCUT2D eigenvalue weighted by Gasteiger charge is -2.28. The van der Waals surface area contributed by atoms with E-state index in [1.807, 2.05) is 20.8 Å². The van der Waals surface area contributed by atoms with Crippen molar-refractivity contribution in [3.05, 3.63) is 29.8 Å². The first-order chi connectivity index (χ1) is 8.91. The van der Waals surface area contributed by atoms with Crippen molar-refractivity contribution in [1.29, 1.82) is 0 Å². The van der Waals surface area contributed by atoms with Crippen LogP contribution in [0.4, 0.5) is 10.5 Å². The van der Waals surface area contributed by atoms with Crippen LogP contribution in [0.2, 0.25) is 0 Å². The van der Waals surface area contributed by atoms with Gasteiger partial charge in [-0.3, -0.25) is 0 Å². The smallest absolute Gasteiger partial charge is 0.337 e. The molecule has 1 aromatic carbocycles. The molecule has 0 heterocycles. The van der Waals surface area contributed by atoms with Crippen LogP contribution < -0.4 is 10.6 Å². The number of hydrogen-bond acceptors (Lipinski definition) is 2. The van der Waals surface area contributed by atoms with Crippen LogP contribution in [0.3, 0.4) is 0 Å². The normalized spacial score (nSPS) is 10.9. The van der Waals surface area contributed by atoms with E-state index in [-0.39, 0.29) is 17.1 Å². The molecular formula is C14H20N2O3. The van der Waals surface area contributed by atoms with Crippen LogP contribution in [-0.4, -0.2) is 22.6 Å². The summed E-state index contributed by atoms with van der Waals surface area (Å²) in [4.78, 5) is 22.9. The van der Waals surface area contributed by atoms with Gasteiger partial charge in [-0.15, -0.1) is 0 Å². The van der Waals surface area contributed by atoms with Gasteiger partial charge in [0.05, 0.1) is 11.3 Å². The molecule has 0 radical (unpaired) electrons. The maximum absolute atomic E-state index is 11.9. The summed E-state index contributed by atoms with van der Waals surface area (Å²) in [6.07, 6.45) is 1.61. The maximum Gasteiger partial charge on any atom is 0.337 e. The Morgan fingerprint density at radius 2 is 1.79 bits per heavy atom. The molecule has 0 aliphatic heterocycles. The molecule has 3 N–H and O–H groups in total. The van der Waals surface area contributed by atoms with Gasteiger partial charge in [0, 0.05) is 5.54 Å². The monoisotopic (exact) mass is 264 g/mol. The Balaban J connectivity index is 2.81. The second-order valence-electron chi connectivity index (χ2n) is 4.70. The molecule has 0 saturated heterocycles. The van der Waals surface area contributed by atoms with E-state index in [9.17, 15) is 9.59 Å². The first-order valence-corrected chi connectivity index (χ1v) is 6.33. The van der Waals surface area contributed by atoms with Crippen molar-refractivity contribution in [3.8, 4) is 0 Å². The Hall–Kier alpha value is -2.04. The molecule has 0 spiro atoms. The topological polar surface area (TPSA) is 78.4 Å². The molecule has 0 saturated carbocycles. The fourth-order valence-corrected chi connectivity index (χ4v) is 1.63. The number of carboxylic acid groups (broad SMARTS) is 1. The molecule has 0 atom stereocenters. The minimum Gasteiger partial charge on any atom is -0.478 e. The van der Waals surface area contributed by atoms with Gasteiger partial charge in [-0.05, 0) is 31.9 Å². The Morgan fingerprint density at radius 3 is 2.32 bits per heavy atom. The minimum absolute atomic E-state index is 0.0763. The summed E-state index contributed by atoms with van der Waals surface area (Å²) >= 11 is 0. The number of para-hydroxylation sites is 1. The zero-order chi connectivity index (χ0) is 14.5. The molecule has 0 bridgehead atoms. The van der Waals surface area contributed by atoms with Crippen molar-refractivity contribution in [3.63, 3.8) is 0 Å². The molecule has 104 valence electrons. The van der Waals surface area contributed by atoms with Crippen LogP contribution in [0.25, 0.3) is 0 Å². The quantitative estimate of drug-likeness (QED) is 0.764. The van der Waals surface area contributed by atoms with E-state index >= 15 is 0 Å². The highest BCUT2D eigenvalue weighted by Crippen LogP contribution is 2.17. The third-order valence-corrected chi connectivity index (χ3v) is 3.38. The highest BCUT2D eigenvalue weighted by Gasteiger charge is 2.22. The number of carboxylic acids is 1. The Kier molecular flexibility index (Phi) is 4.92. The van der Waals surface area contributed by atoms with Gasteiger partial charge in [-0.1, -0.05) is 26.0 Å². The third-order valence-electron chi connectivity index (χ3n) is 3.38. The number of rotatable bonds is 5. The lowest BCUT2D eigenvalue weighted by Crippen LogP contribution is -2.47. The molecular weight excluding hydrogens is 244 g/mol. The number of urea groups is 1. The Labute approximate surface area is 113 Å². The molecule has 5 nitrogen and oxygen atoms in total. The number of anilines is 1. The van der Waals surface area contributed by atoms with E-state index < -0.39 is 5.97 Å². The van der Waals surface area contributed by atoms with Crippen LogP contribution in [-0.2, 0) is 0 Å². The summed E-state index contributed by atoms with van der Waals surface area (Å²) in [5.74, 6) is -1.07. The van der Waals surface area contributed by atoms with Crippen molar-refractivity contribution in [1.82, 2.24) is 5.32 Å². The van der Waals surface area contributed by atoms with Crippen molar-refractivity contribution < 1.29 is 14.7 Å². The number of carbonyl (C=O) groups is 2. The molecule has 1 aromatic rings. The van der Waals surface area contributed by atoms with Crippen molar-refractivity contribution >= 4 is 17.7 Å². The van der Waals surface area contributed by atoms with E-state index in [0.29, 0.717) is 5.69 Å². The van der Waals surface area contributed by atoms with E-state index in [1.54, 1.807) is 18.2 Å². The summed E-state index contributed by atoms with van der Waals surface area (Å²) in [5, 5.41) is 14.5. The van der Waals surface area contributed by atoms with Crippen LogP contribution in [0.5, 0.6) is 0 Å². The van der Waals surface area contributed by atoms with E-state index in [4.69, 9.17) is 5.11 Å². The molecule has 2 amide bonds. The van der Waals surface area contributed by atoms with Gasteiger partial charge in [0.15, 0.2) is 0 Å². The lowest BCUT2D eigenvalue weighted by atomic mass is 9.96. The van der Waals surface area contributed by atoms with Crippen molar-refractivity contribution in [2.24, 2.45) is 0 Å². The molecule has 0 unspecified atom stereocenters. The van der Waals surface area contributed by atoms with Gasteiger partial charge in [0.1, 0.15) is 0 Å². The molecule has 0 fully saturated rings. The summed E-state index contributed by atoms with van der Waals surface area (Å²) in [7, 11) is 0. The Bertz CT molecular complexity index is 468. The van der Waals surface area contributed by atoms with E-state index in [2.05, 4.69) is 10.6 Å². The van der Waals surface area contributed by atoms with E-state index in [1.165, 1.54) is 6.07 Å². The fourth-order valence-electron chi connectivity index (χ4n) is 1.63. The SMILES string of the molecule is CCC(C)(CC)NC(=O)Nc1ccccc1C(=O)O. The maximum atomic E-state index is 11.9. The van der Waals surface area contributed by atoms with Gasteiger partial charge in [-0.2, -0.15) is 0 Å². The summed E-state index contributed by atoms with van der Waals surface area (Å²) in [6, 6.07) is 5.94. The number of carbonyl (C=O) groups excluding carboxylic acids is 1.